The van der Waals surface area contributed by atoms with Crippen LogP contribution in [0, 0.1) is 6.92 Å². The topological polar surface area (TPSA) is 42.2 Å². The molecule has 1 aromatic rings. The average molecular weight is 223 g/mol. The Kier molecular flexibility index (Phi) is 3.49. The van der Waals surface area contributed by atoms with Crippen LogP contribution in [0.1, 0.15) is 11.3 Å². The summed E-state index contributed by atoms with van der Waals surface area (Å²) in [5, 5.41) is 0. The Balaban J connectivity index is 2.17. The second-order valence-corrected chi connectivity index (χ2v) is 4.94. The normalized spacial score (nSPS) is 16.8. The lowest BCUT2D eigenvalue weighted by Crippen LogP contribution is -2.33. The number of aromatic nitrogens is 1. The Morgan fingerprint density at radius 2 is 2.13 bits per heavy atom. The molecule has 1 fully saturated rings. The molecule has 1 aliphatic rings. The van der Waals surface area contributed by atoms with Gasteiger partial charge in [0, 0.05) is 36.8 Å². The van der Waals surface area contributed by atoms with Crippen molar-refractivity contribution in [1.82, 2.24) is 4.98 Å². The highest BCUT2D eigenvalue weighted by Crippen LogP contribution is 2.18. The molecule has 2 heterocycles. The number of aryl methyl sites for hydroxylation is 1. The molecule has 0 aliphatic carbocycles. The monoisotopic (exact) mass is 223 g/mol. The van der Waals surface area contributed by atoms with E-state index in [1.54, 1.807) is 0 Å². The molecule has 0 spiro atoms. The van der Waals surface area contributed by atoms with Crippen molar-refractivity contribution in [2.24, 2.45) is 5.73 Å². The van der Waals surface area contributed by atoms with E-state index in [-0.39, 0.29) is 0 Å². The Labute approximate surface area is 95.1 Å². The molecular weight excluding hydrogens is 206 g/mol. The first-order valence-electron chi connectivity index (χ1n) is 5.30. The highest BCUT2D eigenvalue weighted by Gasteiger charge is 2.12. The largest absolute Gasteiger partial charge is 0.355 e. The SMILES string of the molecule is Cc1nc(N2CCSCC2)ccc1CN. The lowest BCUT2D eigenvalue weighted by atomic mass is 10.2. The minimum Gasteiger partial charge on any atom is -0.355 e. The predicted molar refractivity (Wildman–Crippen MR) is 66.4 cm³/mol. The van der Waals surface area contributed by atoms with Gasteiger partial charge in [0.15, 0.2) is 0 Å². The van der Waals surface area contributed by atoms with Gasteiger partial charge in [-0.3, -0.25) is 0 Å². The highest BCUT2D eigenvalue weighted by molar-refractivity contribution is 7.99. The van der Waals surface area contributed by atoms with Crippen LogP contribution in [0.4, 0.5) is 5.82 Å². The van der Waals surface area contributed by atoms with Crippen molar-refractivity contribution in [2.45, 2.75) is 13.5 Å². The molecule has 0 aromatic carbocycles. The van der Waals surface area contributed by atoms with Crippen LogP contribution in [0.5, 0.6) is 0 Å². The van der Waals surface area contributed by atoms with Crippen LogP contribution in [-0.2, 0) is 6.54 Å². The first-order chi connectivity index (χ1) is 7.31. The molecule has 0 unspecified atom stereocenters. The van der Waals surface area contributed by atoms with Gasteiger partial charge < -0.3 is 10.6 Å². The summed E-state index contributed by atoms with van der Waals surface area (Å²) in [4.78, 5) is 6.96. The van der Waals surface area contributed by atoms with Gasteiger partial charge in [-0.1, -0.05) is 6.07 Å². The number of hydrogen-bond acceptors (Lipinski definition) is 4. The third-order valence-corrected chi connectivity index (χ3v) is 3.68. The molecule has 2 rings (SSSR count). The standard InChI is InChI=1S/C11H17N3S/c1-9-10(8-12)2-3-11(13-9)14-4-6-15-7-5-14/h2-3H,4-8,12H2,1H3. The first kappa shape index (κ1) is 10.8. The summed E-state index contributed by atoms with van der Waals surface area (Å²) < 4.78 is 0. The van der Waals surface area contributed by atoms with Gasteiger partial charge in [-0.2, -0.15) is 11.8 Å². The Hall–Kier alpha value is -0.740. The number of pyridine rings is 1. The number of anilines is 1. The van der Waals surface area contributed by atoms with Gasteiger partial charge in [0.25, 0.3) is 0 Å². The maximum Gasteiger partial charge on any atom is 0.128 e. The van der Waals surface area contributed by atoms with Crippen molar-refractivity contribution < 1.29 is 0 Å². The molecule has 0 radical (unpaired) electrons. The summed E-state index contributed by atoms with van der Waals surface area (Å²) in [5.74, 6) is 3.52. The summed E-state index contributed by atoms with van der Waals surface area (Å²) in [6.07, 6.45) is 0. The first-order valence-corrected chi connectivity index (χ1v) is 6.46. The maximum atomic E-state index is 5.62. The molecule has 3 nitrogen and oxygen atoms in total. The molecule has 0 amide bonds. The van der Waals surface area contributed by atoms with E-state index < -0.39 is 0 Å². The third kappa shape index (κ3) is 2.44. The summed E-state index contributed by atoms with van der Waals surface area (Å²) >= 11 is 2.02. The Bertz CT molecular complexity index is 335. The van der Waals surface area contributed by atoms with Crippen LogP contribution < -0.4 is 10.6 Å². The number of nitrogens with zero attached hydrogens (tertiary/aromatic N) is 2. The van der Waals surface area contributed by atoms with Crippen molar-refractivity contribution in [3.8, 4) is 0 Å². The second kappa shape index (κ2) is 4.86. The summed E-state index contributed by atoms with van der Waals surface area (Å²) in [6, 6.07) is 4.19. The van der Waals surface area contributed by atoms with E-state index in [2.05, 4.69) is 22.0 Å². The number of thioether (sulfide) groups is 1. The molecule has 1 aromatic heterocycles. The molecule has 82 valence electrons. The molecule has 2 N–H and O–H groups in total. The quantitative estimate of drug-likeness (QED) is 0.823. The fraction of sp³-hybridized carbons (Fsp3) is 0.545. The minimum absolute atomic E-state index is 0.578. The lowest BCUT2D eigenvalue weighted by molar-refractivity contribution is 0.831. The number of nitrogens with two attached hydrogens (primary N) is 1. The Morgan fingerprint density at radius 3 is 2.73 bits per heavy atom. The van der Waals surface area contributed by atoms with Gasteiger partial charge in [-0.05, 0) is 18.6 Å². The fourth-order valence-electron chi connectivity index (χ4n) is 1.76. The van der Waals surface area contributed by atoms with E-state index in [1.807, 2.05) is 18.7 Å². The van der Waals surface area contributed by atoms with Gasteiger partial charge in [0.05, 0.1) is 0 Å². The molecule has 0 bridgehead atoms. The molecule has 0 saturated carbocycles. The molecular formula is C11H17N3S. The summed E-state index contributed by atoms with van der Waals surface area (Å²) in [5.41, 5.74) is 7.83. The van der Waals surface area contributed by atoms with Crippen molar-refractivity contribution in [2.75, 3.05) is 29.5 Å². The highest BCUT2D eigenvalue weighted by atomic mass is 32.2. The predicted octanol–water partition coefficient (Wildman–Crippen LogP) is 1.40. The lowest BCUT2D eigenvalue weighted by Gasteiger charge is -2.27. The zero-order valence-corrected chi connectivity index (χ0v) is 9.89. The number of hydrogen-bond donors (Lipinski definition) is 1. The zero-order valence-electron chi connectivity index (χ0n) is 9.07. The van der Waals surface area contributed by atoms with Crippen molar-refractivity contribution in [1.29, 1.82) is 0 Å². The maximum absolute atomic E-state index is 5.62. The molecule has 0 atom stereocenters. The van der Waals surface area contributed by atoms with Crippen LogP contribution in [0.15, 0.2) is 12.1 Å². The van der Waals surface area contributed by atoms with Crippen LogP contribution >= 0.6 is 11.8 Å². The van der Waals surface area contributed by atoms with Crippen LogP contribution in [0.3, 0.4) is 0 Å². The second-order valence-electron chi connectivity index (χ2n) is 3.72. The van der Waals surface area contributed by atoms with Crippen LogP contribution in [0.25, 0.3) is 0 Å². The van der Waals surface area contributed by atoms with E-state index >= 15 is 0 Å². The molecule has 15 heavy (non-hydrogen) atoms. The van der Waals surface area contributed by atoms with E-state index in [1.165, 1.54) is 11.5 Å². The van der Waals surface area contributed by atoms with E-state index in [4.69, 9.17) is 5.73 Å². The van der Waals surface area contributed by atoms with Crippen LogP contribution in [0.2, 0.25) is 0 Å². The summed E-state index contributed by atoms with van der Waals surface area (Å²) in [6.45, 7) is 4.83. The van der Waals surface area contributed by atoms with E-state index in [0.29, 0.717) is 6.54 Å². The third-order valence-electron chi connectivity index (χ3n) is 2.74. The van der Waals surface area contributed by atoms with Crippen molar-refractivity contribution in [3.05, 3.63) is 23.4 Å². The van der Waals surface area contributed by atoms with E-state index in [9.17, 15) is 0 Å². The molecule has 1 aliphatic heterocycles. The molecule has 4 heteroatoms. The number of rotatable bonds is 2. The van der Waals surface area contributed by atoms with Crippen molar-refractivity contribution >= 4 is 17.6 Å². The van der Waals surface area contributed by atoms with Gasteiger partial charge in [0.1, 0.15) is 5.82 Å². The molecule has 1 saturated heterocycles. The van der Waals surface area contributed by atoms with Gasteiger partial charge >= 0.3 is 0 Å². The minimum atomic E-state index is 0.578. The van der Waals surface area contributed by atoms with Crippen molar-refractivity contribution in [3.63, 3.8) is 0 Å². The van der Waals surface area contributed by atoms with Crippen LogP contribution in [-0.4, -0.2) is 29.6 Å². The average Bonchev–Trinajstić information content (AvgIpc) is 2.30. The smallest absolute Gasteiger partial charge is 0.128 e. The fourth-order valence-corrected chi connectivity index (χ4v) is 2.66. The van der Waals surface area contributed by atoms with E-state index in [0.717, 1.165) is 30.2 Å². The van der Waals surface area contributed by atoms with Gasteiger partial charge in [0.2, 0.25) is 0 Å². The zero-order chi connectivity index (χ0) is 10.7. The summed E-state index contributed by atoms with van der Waals surface area (Å²) in [7, 11) is 0. The Morgan fingerprint density at radius 1 is 1.40 bits per heavy atom. The van der Waals surface area contributed by atoms with Gasteiger partial charge in [-0.15, -0.1) is 0 Å². The van der Waals surface area contributed by atoms with Gasteiger partial charge in [-0.25, -0.2) is 4.98 Å².